The first-order valence-electron chi connectivity index (χ1n) is 7.22. The Morgan fingerprint density at radius 1 is 1.15 bits per heavy atom. The molecule has 0 heterocycles. The van der Waals surface area contributed by atoms with Crippen LogP contribution in [-0.4, -0.2) is 17.7 Å². The van der Waals surface area contributed by atoms with E-state index in [0.29, 0.717) is 6.61 Å². The quantitative estimate of drug-likeness (QED) is 0.839. The van der Waals surface area contributed by atoms with Crippen LogP contribution in [0.4, 0.5) is 0 Å². The molecule has 3 heteroatoms. The van der Waals surface area contributed by atoms with Crippen LogP contribution in [0.3, 0.4) is 0 Å². The zero-order chi connectivity index (χ0) is 15.4. The van der Waals surface area contributed by atoms with E-state index in [0.717, 1.165) is 16.7 Å². The summed E-state index contributed by atoms with van der Waals surface area (Å²) in [5, 5.41) is 10.6. The lowest BCUT2D eigenvalue weighted by Crippen LogP contribution is -2.29. The number of hydrogen-bond donors (Lipinski definition) is 1. The van der Waals surface area contributed by atoms with E-state index in [1.807, 2.05) is 40.7 Å². The summed E-state index contributed by atoms with van der Waals surface area (Å²) < 4.78 is 5.10. The number of aliphatic hydroxyl groups is 1. The summed E-state index contributed by atoms with van der Waals surface area (Å²) >= 11 is 0. The summed E-state index contributed by atoms with van der Waals surface area (Å²) in [5.74, 6) is -0.839. The Bertz CT molecular complexity index is 477. The second kappa shape index (κ2) is 6.89. The standard InChI is InChI=1S/C17H26O3/c1-7-20-17(19)15(10(2)3)16(18)14-9-12(5)11(4)8-13(14)6/h8-10,15-16,18H,7H2,1-6H3. The van der Waals surface area contributed by atoms with Crippen molar-refractivity contribution >= 4 is 5.97 Å². The first-order chi connectivity index (χ1) is 9.29. The van der Waals surface area contributed by atoms with Crippen LogP contribution in [0.1, 0.15) is 49.1 Å². The molecule has 0 saturated carbocycles. The number of hydrogen-bond acceptors (Lipinski definition) is 3. The summed E-state index contributed by atoms with van der Waals surface area (Å²) in [4.78, 5) is 12.1. The van der Waals surface area contributed by atoms with Gasteiger partial charge >= 0.3 is 5.97 Å². The molecule has 0 fully saturated rings. The molecule has 0 aliphatic heterocycles. The molecule has 0 aliphatic carbocycles. The van der Waals surface area contributed by atoms with Crippen molar-refractivity contribution in [1.29, 1.82) is 0 Å². The zero-order valence-corrected chi connectivity index (χ0v) is 13.4. The number of carbonyl (C=O) groups is 1. The number of ether oxygens (including phenoxy) is 1. The predicted octanol–water partition coefficient (Wildman–Crippen LogP) is 3.48. The van der Waals surface area contributed by atoms with Crippen LogP contribution in [0.5, 0.6) is 0 Å². The summed E-state index contributed by atoms with van der Waals surface area (Å²) in [6.45, 7) is 12.0. The maximum atomic E-state index is 12.1. The Kier molecular flexibility index (Phi) is 5.75. The van der Waals surface area contributed by atoms with Crippen molar-refractivity contribution < 1.29 is 14.6 Å². The average Bonchev–Trinajstić information content (AvgIpc) is 2.33. The van der Waals surface area contributed by atoms with Gasteiger partial charge in [-0.15, -0.1) is 0 Å². The molecule has 0 radical (unpaired) electrons. The van der Waals surface area contributed by atoms with Crippen LogP contribution < -0.4 is 0 Å². The SMILES string of the molecule is CCOC(=O)C(C(C)C)C(O)c1cc(C)c(C)cc1C. The van der Waals surface area contributed by atoms with E-state index >= 15 is 0 Å². The second-order valence-corrected chi connectivity index (χ2v) is 5.76. The molecule has 1 rings (SSSR count). The molecular weight excluding hydrogens is 252 g/mol. The predicted molar refractivity (Wildman–Crippen MR) is 80.6 cm³/mol. The molecule has 2 unspecified atom stereocenters. The number of carbonyl (C=O) groups excluding carboxylic acids is 1. The highest BCUT2D eigenvalue weighted by Crippen LogP contribution is 2.32. The van der Waals surface area contributed by atoms with Gasteiger partial charge in [-0.25, -0.2) is 0 Å². The lowest BCUT2D eigenvalue weighted by Gasteiger charge is -2.26. The van der Waals surface area contributed by atoms with E-state index < -0.39 is 12.0 Å². The van der Waals surface area contributed by atoms with E-state index in [-0.39, 0.29) is 11.9 Å². The summed E-state index contributed by atoms with van der Waals surface area (Å²) in [6, 6.07) is 4.03. The van der Waals surface area contributed by atoms with Crippen LogP contribution >= 0.6 is 0 Å². The number of aryl methyl sites for hydroxylation is 3. The second-order valence-electron chi connectivity index (χ2n) is 5.76. The molecular formula is C17H26O3. The molecule has 1 N–H and O–H groups in total. The van der Waals surface area contributed by atoms with Gasteiger partial charge in [-0.1, -0.05) is 26.0 Å². The van der Waals surface area contributed by atoms with Crippen LogP contribution in [0.2, 0.25) is 0 Å². The smallest absolute Gasteiger partial charge is 0.312 e. The highest BCUT2D eigenvalue weighted by Gasteiger charge is 2.33. The molecule has 3 nitrogen and oxygen atoms in total. The minimum absolute atomic E-state index is 0.0186. The Balaban J connectivity index is 3.16. The van der Waals surface area contributed by atoms with Crippen molar-refractivity contribution in [3.05, 3.63) is 34.4 Å². The number of benzene rings is 1. The molecule has 1 aromatic rings. The van der Waals surface area contributed by atoms with Crippen LogP contribution in [0.15, 0.2) is 12.1 Å². The van der Waals surface area contributed by atoms with Crippen molar-refractivity contribution in [3.8, 4) is 0 Å². The third-order valence-electron chi connectivity index (χ3n) is 3.82. The molecule has 0 aromatic heterocycles. The van der Waals surface area contributed by atoms with Gasteiger partial charge in [0.2, 0.25) is 0 Å². The Morgan fingerprint density at radius 2 is 1.70 bits per heavy atom. The maximum absolute atomic E-state index is 12.1. The number of aliphatic hydroxyl groups excluding tert-OH is 1. The van der Waals surface area contributed by atoms with Crippen molar-refractivity contribution in [2.75, 3.05) is 6.61 Å². The third kappa shape index (κ3) is 3.60. The fraction of sp³-hybridized carbons (Fsp3) is 0.588. The molecule has 0 spiro atoms. The van der Waals surface area contributed by atoms with Gasteiger partial charge in [0.15, 0.2) is 0 Å². The minimum Gasteiger partial charge on any atom is -0.466 e. The fourth-order valence-electron chi connectivity index (χ4n) is 2.50. The number of rotatable bonds is 5. The highest BCUT2D eigenvalue weighted by molar-refractivity contribution is 5.73. The van der Waals surface area contributed by atoms with E-state index in [4.69, 9.17) is 4.74 Å². The third-order valence-corrected chi connectivity index (χ3v) is 3.82. The lowest BCUT2D eigenvalue weighted by atomic mass is 9.84. The molecule has 112 valence electrons. The van der Waals surface area contributed by atoms with E-state index in [1.165, 1.54) is 5.56 Å². The van der Waals surface area contributed by atoms with E-state index in [9.17, 15) is 9.90 Å². The van der Waals surface area contributed by atoms with Gasteiger partial charge in [-0.3, -0.25) is 4.79 Å². The van der Waals surface area contributed by atoms with Crippen molar-refractivity contribution in [1.82, 2.24) is 0 Å². The van der Waals surface area contributed by atoms with E-state index in [2.05, 4.69) is 6.07 Å². The first kappa shape index (κ1) is 16.7. The minimum atomic E-state index is -0.826. The van der Waals surface area contributed by atoms with Gasteiger partial charge in [0.05, 0.1) is 18.6 Å². The maximum Gasteiger partial charge on any atom is 0.312 e. The molecule has 1 aromatic carbocycles. The molecule has 0 bridgehead atoms. The normalized spacial score (nSPS) is 14.2. The van der Waals surface area contributed by atoms with Gasteiger partial charge in [-0.05, 0) is 55.9 Å². The highest BCUT2D eigenvalue weighted by atomic mass is 16.5. The Labute approximate surface area is 122 Å². The zero-order valence-electron chi connectivity index (χ0n) is 13.4. The van der Waals surface area contributed by atoms with Crippen molar-refractivity contribution in [2.24, 2.45) is 11.8 Å². The fourth-order valence-corrected chi connectivity index (χ4v) is 2.50. The van der Waals surface area contributed by atoms with Gasteiger partial charge in [-0.2, -0.15) is 0 Å². The van der Waals surface area contributed by atoms with Gasteiger partial charge in [0.25, 0.3) is 0 Å². The average molecular weight is 278 g/mol. The van der Waals surface area contributed by atoms with Crippen LogP contribution in [0.25, 0.3) is 0 Å². The molecule has 0 amide bonds. The summed E-state index contributed by atoms with van der Waals surface area (Å²) in [7, 11) is 0. The first-order valence-corrected chi connectivity index (χ1v) is 7.22. The van der Waals surface area contributed by atoms with Gasteiger partial charge < -0.3 is 9.84 Å². The summed E-state index contributed by atoms with van der Waals surface area (Å²) in [6.07, 6.45) is -0.826. The van der Waals surface area contributed by atoms with Gasteiger partial charge in [0.1, 0.15) is 0 Å². The Morgan fingerprint density at radius 3 is 2.20 bits per heavy atom. The van der Waals surface area contributed by atoms with Crippen LogP contribution in [0, 0.1) is 32.6 Å². The lowest BCUT2D eigenvalue weighted by molar-refractivity contribution is -0.154. The topological polar surface area (TPSA) is 46.5 Å². The molecule has 20 heavy (non-hydrogen) atoms. The molecule has 0 saturated heterocycles. The molecule has 0 aliphatic rings. The largest absolute Gasteiger partial charge is 0.466 e. The Hall–Kier alpha value is -1.35. The van der Waals surface area contributed by atoms with Crippen molar-refractivity contribution in [2.45, 2.75) is 47.6 Å². The van der Waals surface area contributed by atoms with Crippen molar-refractivity contribution in [3.63, 3.8) is 0 Å². The van der Waals surface area contributed by atoms with Gasteiger partial charge in [0, 0.05) is 0 Å². The molecule has 2 atom stereocenters. The van der Waals surface area contributed by atoms with E-state index in [1.54, 1.807) is 6.92 Å². The summed E-state index contributed by atoms with van der Waals surface area (Å²) in [5.41, 5.74) is 4.14. The number of esters is 1. The van der Waals surface area contributed by atoms with Crippen LogP contribution in [-0.2, 0) is 9.53 Å². The monoisotopic (exact) mass is 278 g/mol.